The van der Waals surface area contributed by atoms with Crippen LogP contribution in [0.15, 0.2) is 24.3 Å². The predicted octanol–water partition coefficient (Wildman–Crippen LogP) is 9.97. The second-order valence-corrected chi connectivity index (χ2v) is 20.5. The molecule has 0 aromatic heterocycles. The molecule has 2 aliphatic rings. The lowest BCUT2D eigenvalue weighted by atomic mass is 9.98. The van der Waals surface area contributed by atoms with Crippen LogP contribution in [0.3, 0.4) is 0 Å². The van der Waals surface area contributed by atoms with Crippen molar-refractivity contribution in [2.75, 3.05) is 33.0 Å². The van der Waals surface area contributed by atoms with Crippen LogP contribution in [0.2, 0.25) is 0 Å². The van der Waals surface area contributed by atoms with Gasteiger partial charge in [-0.15, -0.1) is 0 Å². The molecule has 0 radical (unpaired) electrons. The third kappa shape index (κ3) is 31.8. The van der Waals surface area contributed by atoms with E-state index in [-0.39, 0.29) is 25.6 Å². The summed E-state index contributed by atoms with van der Waals surface area (Å²) in [6.45, 7) is 3.72. The third-order valence-corrected chi connectivity index (χ3v) is 14.0. The van der Waals surface area contributed by atoms with Crippen LogP contribution in [0.25, 0.3) is 0 Å². The molecule has 0 spiro atoms. The molecule has 2 rings (SSSR count). The lowest BCUT2D eigenvalue weighted by Gasteiger charge is -2.42. The Labute approximate surface area is 430 Å². The Bertz CT molecular complexity index is 1270. The quantitative estimate of drug-likeness (QED) is 0.0172. The zero-order valence-corrected chi connectivity index (χ0v) is 44.7. The molecule has 0 saturated carbocycles. The predicted molar refractivity (Wildman–Crippen MR) is 280 cm³/mol. The molecule has 11 atom stereocenters. The number of aliphatic hydroxyl groups is 7. The Kier molecular flexibility index (Phi) is 41.3. The van der Waals surface area contributed by atoms with E-state index in [1.165, 1.54) is 161 Å². The van der Waals surface area contributed by atoms with Crippen molar-refractivity contribution < 1.29 is 69.0 Å². The standard InChI is InChI=1S/C57H106O14/c1-3-5-7-9-11-13-15-17-19-20-21-22-23-24-25-26-27-28-30-32-34-36-38-40-49(59)69-46(43-66-41-39-37-35-33-31-29-18-16-14-12-10-8-6-4-2)44-67-56-55(65)53(63)51(61)48(71-56)45-68-57-54(64)52(62)50(60)47(42-58)70-57/h15,17,20-21,46-48,50-58,60-65H,3-14,16,18-19,22-45H2,1-2H3/b17-15-,21-20-. The van der Waals surface area contributed by atoms with E-state index in [9.17, 15) is 40.5 Å². The first-order valence-corrected chi connectivity index (χ1v) is 28.9. The zero-order chi connectivity index (χ0) is 51.6. The van der Waals surface area contributed by atoms with Gasteiger partial charge in [0.15, 0.2) is 12.6 Å². The average molecular weight is 1020 g/mol. The van der Waals surface area contributed by atoms with Gasteiger partial charge < -0.3 is 64.2 Å². The van der Waals surface area contributed by atoms with Crippen LogP contribution < -0.4 is 0 Å². The minimum atomic E-state index is -1.70. The zero-order valence-electron chi connectivity index (χ0n) is 44.7. The normalized spacial score (nSPS) is 25.4. The summed E-state index contributed by atoms with van der Waals surface area (Å²) < 4.78 is 34.4. The molecule has 0 aliphatic carbocycles. The fourth-order valence-electron chi connectivity index (χ4n) is 9.26. The maximum Gasteiger partial charge on any atom is 0.306 e. The van der Waals surface area contributed by atoms with Crippen molar-refractivity contribution in [1.29, 1.82) is 0 Å². The van der Waals surface area contributed by atoms with Gasteiger partial charge in [0.05, 0.1) is 26.4 Å². The Hall–Kier alpha value is -1.53. The van der Waals surface area contributed by atoms with Crippen LogP contribution in [0.1, 0.15) is 232 Å². The highest BCUT2D eigenvalue weighted by atomic mass is 16.7. The number of unbranched alkanes of at least 4 members (excludes halogenated alkanes) is 29. The molecule has 0 aromatic rings. The topological polar surface area (TPSA) is 214 Å². The Morgan fingerprint density at radius 2 is 0.873 bits per heavy atom. The van der Waals surface area contributed by atoms with Crippen molar-refractivity contribution in [2.24, 2.45) is 0 Å². The first kappa shape index (κ1) is 65.6. The highest BCUT2D eigenvalue weighted by molar-refractivity contribution is 5.69. The van der Waals surface area contributed by atoms with Crippen molar-refractivity contribution in [2.45, 2.75) is 300 Å². The molecule has 0 amide bonds. The van der Waals surface area contributed by atoms with E-state index < -0.39 is 80.7 Å². The van der Waals surface area contributed by atoms with Gasteiger partial charge in [-0.2, -0.15) is 0 Å². The monoisotopic (exact) mass is 1010 g/mol. The van der Waals surface area contributed by atoms with Gasteiger partial charge in [0, 0.05) is 13.0 Å². The number of esters is 1. The SMILES string of the molecule is CCCCCCC/C=C\C/C=C\CCCCCCCCCCCCCC(=O)OC(COCCCCCCCCCCCCCCCC)COC1OC(COC2OC(CO)C(O)C(O)C2O)C(O)C(O)C1O. The van der Waals surface area contributed by atoms with Gasteiger partial charge in [0.1, 0.15) is 54.9 Å². The maximum absolute atomic E-state index is 13.1. The van der Waals surface area contributed by atoms with Gasteiger partial charge in [0.2, 0.25) is 0 Å². The van der Waals surface area contributed by atoms with Crippen LogP contribution in [-0.4, -0.2) is 142 Å². The number of ether oxygens (including phenoxy) is 6. The fraction of sp³-hybridized carbons (Fsp3) is 0.912. The Balaban J connectivity index is 1.70. The van der Waals surface area contributed by atoms with Crippen molar-refractivity contribution in [3.63, 3.8) is 0 Å². The van der Waals surface area contributed by atoms with E-state index in [2.05, 4.69) is 38.2 Å². The molecule has 2 heterocycles. The van der Waals surface area contributed by atoms with Gasteiger partial charge >= 0.3 is 5.97 Å². The van der Waals surface area contributed by atoms with Crippen LogP contribution >= 0.6 is 0 Å². The molecule has 0 bridgehead atoms. The number of rotatable bonds is 47. The number of allylic oxidation sites excluding steroid dienone is 4. The summed E-state index contributed by atoms with van der Waals surface area (Å²) in [4.78, 5) is 13.1. The van der Waals surface area contributed by atoms with Gasteiger partial charge in [0.25, 0.3) is 0 Å². The summed E-state index contributed by atoms with van der Waals surface area (Å²) >= 11 is 0. The molecular weight excluding hydrogens is 909 g/mol. The highest BCUT2D eigenvalue weighted by Crippen LogP contribution is 2.27. The third-order valence-electron chi connectivity index (χ3n) is 14.0. The lowest BCUT2D eigenvalue weighted by Crippen LogP contribution is -2.61. The van der Waals surface area contributed by atoms with E-state index >= 15 is 0 Å². The van der Waals surface area contributed by atoms with E-state index in [0.29, 0.717) is 13.0 Å². The molecule has 71 heavy (non-hydrogen) atoms. The first-order chi connectivity index (χ1) is 34.6. The van der Waals surface area contributed by atoms with Gasteiger partial charge in [-0.3, -0.25) is 4.79 Å². The lowest BCUT2D eigenvalue weighted by molar-refractivity contribution is -0.332. The number of carbonyl (C=O) groups excluding carboxylic acids is 1. The van der Waals surface area contributed by atoms with Crippen molar-refractivity contribution in [3.8, 4) is 0 Å². The summed E-state index contributed by atoms with van der Waals surface area (Å²) in [5.74, 6) is -0.374. The van der Waals surface area contributed by atoms with E-state index in [0.717, 1.165) is 44.9 Å². The molecule has 7 N–H and O–H groups in total. The van der Waals surface area contributed by atoms with Crippen molar-refractivity contribution >= 4 is 5.97 Å². The van der Waals surface area contributed by atoms with Crippen LogP contribution in [0.4, 0.5) is 0 Å². The summed E-state index contributed by atoms with van der Waals surface area (Å²) in [7, 11) is 0. The summed E-state index contributed by atoms with van der Waals surface area (Å²) in [6, 6.07) is 0. The molecule has 11 unspecified atom stereocenters. The van der Waals surface area contributed by atoms with Crippen LogP contribution in [-0.2, 0) is 33.2 Å². The maximum atomic E-state index is 13.1. The second-order valence-electron chi connectivity index (χ2n) is 20.5. The van der Waals surface area contributed by atoms with Gasteiger partial charge in [-0.25, -0.2) is 0 Å². The average Bonchev–Trinajstić information content (AvgIpc) is 3.37. The number of aliphatic hydroxyl groups excluding tert-OH is 7. The minimum absolute atomic E-state index is 0.0656. The molecule has 2 saturated heterocycles. The molecule has 2 aliphatic heterocycles. The Morgan fingerprint density at radius 3 is 1.35 bits per heavy atom. The Morgan fingerprint density at radius 1 is 0.465 bits per heavy atom. The van der Waals surface area contributed by atoms with Crippen molar-refractivity contribution in [3.05, 3.63) is 24.3 Å². The van der Waals surface area contributed by atoms with Crippen molar-refractivity contribution in [1.82, 2.24) is 0 Å². The van der Waals surface area contributed by atoms with E-state index in [1.807, 2.05) is 0 Å². The first-order valence-electron chi connectivity index (χ1n) is 28.9. The largest absolute Gasteiger partial charge is 0.457 e. The van der Waals surface area contributed by atoms with E-state index in [1.54, 1.807) is 0 Å². The molecule has 0 aromatic carbocycles. The summed E-state index contributed by atoms with van der Waals surface area (Å²) in [5.41, 5.74) is 0. The van der Waals surface area contributed by atoms with Crippen LogP contribution in [0.5, 0.6) is 0 Å². The van der Waals surface area contributed by atoms with Gasteiger partial charge in [-0.1, -0.05) is 205 Å². The number of hydrogen-bond acceptors (Lipinski definition) is 14. The fourth-order valence-corrected chi connectivity index (χ4v) is 9.26. The highest BCUT2D eigenvalue weighted by Gasteiger charge is 2.47. The minimum Gasteiger partial charge on any atom is -0.457 e. The van der Waals surface area contributed by atoms with Crippen LogP contribution in [0, 0.1) is 0 Å². The van der Waals surface area contributed by atoms with E-state index in [4.69, 9.17) is 28.4 Å². The number of hydrogen-bond donors (Lipinski definition) is 7. The van der Waals surface area contributed by atoms with Gasteiger partial charge in [-0.05, 0) is 44.9 Å². The number of carbonyl (C=O) groups is 1. The molecule has 14 heteroatoms. The molecule has 14 nitrogen and oxygen atoms in total. The summed E-state index contributed by atoms with van der Waals surface area (Å²) in [6.07, 6.45) is 33.8. The molecule has 2 fully saturated rings. The molecular formula is C57H106O14. The summed E-state index contributed by atoms with van der Waals surface area (Å²) in [5, 5.41) is 72.3. The smallest absolute Gasteiger partial charge is 0.306 e. The molecule has 418 valence electrons. The second kappa shape index (κ2) is 44.7.